The zero-order valence-corrected chi connectivity index (χ0v) is 9.70. The van der Waals surface area contributed by atoms with Crippen molar-refractivity contribution in [3.05, 3.63) is 0 Å². The quantitative estimate of drug-likeness (QED) is 0.730. The molecule has 0 radical (unpaired) electrons. The number of likely N-dealkylation sites (tertiary alicyclic amines) is 1. The average molecular weight is 214 g/mol. The zero-order chi connectivity index (χ0) is 11.5. The first-order valence-corrected chi connectivity index (χ1v) is 5.70. The van der Waals surface area contributed by atoms with Crippen molar-refractivity contribution >= 4 is 5.97 Å². The van der Waals surface area contributed by atoms with Crippen molar-refractivity contribution in [1.29, 1.82) is 0 Å². The third-order valence-corrected chi connectivity index (χ3v) is 3.22. The highest BCUT2D eigenvalue weighted by molar-refractivity contribution is 5.78. The smallest absolute Gasteiger partial charge is 0.324 e. The maximum atomic E-state index is 10.9. The van der Waals surface area contributed by atoms with Gasteiger partial charge in [-0.25, -0.2) is 0 Å². The summed E-state index contributed by atoms with van der Waals surface area (Å²) in [6.07, 6.45) is 3.60. The van der Waals surface area contributed by atoms with Crippen LogP contribution in [-0.4, -0.2) is 41.1 Å². The van der Waals surface area contributed by atoms with E-state index in [1.165, 1.54) is 12.8 Å². The summed E-state index contributed by atoms with van der Waals surface area (Å²) in [5.74, 6) is -0.204. The van der Waals surface area contributed by atoms with Crippen LogP contribution >= 0.6 is 0 Å². The maximum Gasteiger partial charge on any atom is 0.324 e. The number of rotatable bonds is 4. The van der Waals surface area contributed by atoms with Crippen molar-refractivity contribution in [2.75, 3.05) is 19.6 Å². The minimum Gasteiger partial charge on any atom is -0.480 e. The topological polar surface area (TPSA) is 66.6 Å². The number of piperidine rings is 1. The predicted molar refractivity (Wildman–Crippen MR) is 59.7 cm³/mol. The van der Waals surface area contributed by atoms with E-state index in [2.05, 4.69) is 11.8 Å². The fourth-order valence-corrected chi connectivity index (χ4v) is 2.16. The molecular formula is C11H22N2O2. The molecule has 0 aliphatic carbocycles. The average Bonchev–Trinajstić information content (AvgIpc) is 2.17. The third-order valence-electron chi connectivity index (χ3n) is 3.22. The van der Waals surface area contributed by atoms with Gasteiger partial charge in [0.25, 0.3) is 0 Å². The van der Waals surface area contributed by atoms with Crippen LogP contribution in [0, 0.1) is 5.92 Å². The Balaban J connectivity index is 2.47. The molecule has 1 heterocycles. The van der Waals surface area contributed by atoms with E-state index in [9.17, 15) is 4.79 Å². The van der Waals surface area contributed by atoms with E-state index in [1.54, 1.807) is 6.92 Å². The lowest BCUT2D eigenvalue weighted by Crippen LogP contribution is -2.55. The first kappa shape index (κ1) is 12.5. The van der Waals surface area contributed by atoms with Crippen molar-refractivity contribution in [2.45, 2.75) is 38.6 Å². The van der Waals surface area contributed by atoms with Crippen LogP contribution in [0.4, 0.5) is 0 Å². The molecule has 0 aromatic carbocycles. The van der Waals surface area contributed by atoms with Gasteiger partial charge in [-0.15, -0.1) is 0 Å². The molecule has 3 N–H and O–H groups in total. The summed E-state index contributed by atoms with van der Waals surface area (Å²) < 4.78 is 0. The third kappa shape index (κ3) is 3.47. The van der Waals surface area contributed by atoms with E-state index < -0.39 is 11.5 Å². The molecule has 0 saturated carbocycles. The normalized spacial score (nSPS) is 27.3. The van der Waals surface area contributed by atoms with Crippen LogP contribution in [0.25, 0.3) is 0 Å². The van der Waals surface area contributed by atoms with Crippen LogP contribution < -0.4 is 5.73 Å². The molecule has 4 nitrogen and oxygen atoms in total. The van der Waals surface area contributed by atoms with Crippen LogP contribution in [0.15, 0.2) is 0 Å². The highest BCUT2D eigenvalue weighted by Gasteiger charge is 2.32. The van der Waals surface area contributed by atoms with Gasteiger partial charge in [-0.05, 0) is 32.2 Å². The SMILES string of the molecule is CCC1CCCN(CC(C)(N)C(=O)O)C1. The monoisotopic (exact) mass is 214 g/mol. The second-order valence-corrected chi connectivity index (χ2v) is 4.87. The van der Waals surface area contributed by atoms with E-state index in [4.69, 9.17) is 10.8 Å². The second-order valence-electron chi connectivity index (χ2n) is 4.87. The molecule has 1 aliphatic rings. The van der Waals surface area contributed by atoms with Gasteiger partial charge in [0, 0.05) is 13.1 Å². The minimum absolute atomic E-state index is 0.457. The number of hydrogen-bond acceptors (Lipinski definition) is 3. The lowest BCUT2D eigenvalue weighted by molar-refractivity contribution is -0.143. The van der Waals surface area contributed by atoms with Gasteiger partial charge in [0.2, 0.25) is 0 Å². The van der Waals surface area contributed by atoms with Crippen molar-refractivity contribution in [3.63, 3.8) is 0 Å². The van der Waals surface area contributed by atoms with Crippen LogP contribution in [-0.2, 0) is 4.79 Å². The van der Waals surface area contributed by atoms with Crippen molar-refractivity contribution < 1.29 is 9.90 Å². The van der Waals surface area contributed by atoms with E-state index >= 15 is 0 Å². The molecule has 0 aromatic heterocycles. The van der Waals surface area contributed by atoms with Gasteiger partial charge in [0.05, 0.1) is 0 Å². The summed E-state index contributed by atoms with van der Waals surface area (Å²) in [6, 6.07) is 0. The Labute approximate surface area is 91.4 Å². The number of carbonyl (C=O) groups is 1. The fourth-order valence-electron chi connectivity index (χ4n) is 2.16. The molecule has 1 saturated heterocycles. The summed E-state index contributed by atoms with van der Waals surface area (Å²) in [7, 11) is 0. The standard InChI is InChI=1S/C11H22N2O2/c1-3-9-5-4-6-13(7-9)8-11(2,12)10(14)15/h9H,3-8,12H2,1-2H3,(H,14,15). The van der Waals surface area contributed by atoms with Gasteiger partial charge in [0.15, 0.2) is 0 Å². The van der Waals surface area contributed by atoms with Gasteiger partial charge < -0.3 is 15.7 Å². The van der Waals surface area contributed by atoms with E-state index in [0.29, 0.717) is 12.5 Å². The van der Waals surface area contributed by atoms with E-state index in [-0.39, 0.29) is 0 Å². The van der Waals surface area contributed by atoms with Crippen LogP contribution in [0.3, 0.4) is 0 Å². The number of aliphatic carboxylic acids is 1. The lowest BCUT2D eigenvalue weighted by Gasteiger charge is -2.35. The largest absolute Gasteiger partial charge is 0.480 e. The molecule has 2 unspecified atom stereocenters. The Hall–Kier alpha value is -0.610. The summed E-state index contributed by atoms with van der Waals surface area (Å²) in [5.41, 5.74) is 4.62. The van der Waals surface area contributed by atoms with Crippen molar-refractivity contribution in [1.82, 2.24) is 4.90 Å². The molecule has 0 amide bonds. The lowest BCUT2D eigenvalue weighted by atomic mass is 9.94. The second kappa shape index (κ2) is 4.94. The van der Waals surface area contributed by atoms with Gasteiger partial charge in [-0.2, -0.15) is 0 Å². The predicted octanol–water partition coefficient (Wildman–Crippen LogP) is 0.910. The molecule has 1 fully saturated rings. The molecule has 0 spiro atoms. The Morgan fingerprint density at radius 2 is 2.33 bits per heavy atom. The number of carboxylic acids is 1. The highest BCUT2D eigenvalue weighted by atomic mass is 16.4. The van der Waals surface area contributed by atoms with Crippen molar-refractivity contribution in [2.24, 2.45) is 11.7 Å². The Kier molecular flexibility index (Phi) is 4.11. The Morgan fingerprint density at radius 1 is 1.67 bits per heavy atom. The van der Waals surface area contributed by atoms with Crippen LogP contribution in [0.2, 0.25) is 0 Å². The van der Waals surface area contributed by atoms with Gasteiger partial charge in [0.1, 0.15) is 5.54 Å². The number of nitrogens with two attached hydrogens (primary N) is 1. The Morgan fingerprint density at radius 3 is 2.87 bits per heavy atom. The molecule has 1 aliphatic heterocycles. The maximum absolute atomic E-state index is 10.9. The summed E-state index contributed by atoms with van der Waals surface area (Å²) in [4.78, 5) is 13.1. The number of carboxylic acid groups (broad SMARTS) is 1. The van der Waals surface area contributed by atoms with Gasteiger partial charge in [-0.3, -0.25) is 4.79 Å². The molecule has 2 atom stereocenters. The molecule has 88 valence electrons. The Bertz CT molecular complexity index is 229. The zero-order valence-electron chi connectivity index (χ0n) is 9.70. The minimum atomic E-state index is -1.12. The first-order valence-electron chi connectivity index (χ1n) is 5.70. The highest BCUT2D eigenvalue weighted by Crippen LogP contribution is 2.20. The van der Waals surface area contributed by atoms with E-state index in [0.717, 1.165) is 19.5 Å². The summed E-state index contributed by atoms with van der Waals surface area (Å²) in [6.45, 7) is 6.21. The number of nitrogens with zero attached hydrogens (tertiary/aromatic N) is 1. The first-order chi connectivity index (χ1) is 6.95. The summed E-state index contributed by atoms with van der Waals surface area (Å²) >= 11 is 0. The summed E-state index contributed by atoms with van der Waals surface area (Å²) in [5, 5.41) is 8.94. The van der Waals surface area contributed by atoms with Crippen LogP contribution in [0.1, 0.15) is 33.1 Å². The molecule has 0 bridgehead atoms. The van der Waals surface area contributed by atoms with Crippen molar-refractivity contribution in [3.8, 4) is 0 Å². The number of hydrogen-bond donors (Lipinski definition) is 2. The molecule has 1 rings (SSSR count). The van der Waals surface area contributed by atoms with Crippen LogP contribution in [0.5, 0.6) is 0 Å². The molecule has 4 heteroatoms. The molecule has 15 heavy (non-hydrogen) atoms. The molecular weight excluding hydrogens is 192 g/mol. The van der Waals surface area contributed by atoms with Gasteiger partial charge >= 0.3 is 5.97 Å². The van der Waals surface area contributed by atoms with E-state index in [1.807, 2.05) is 0 Å². The van der Waals surface area contributed by atoms with Gasteiger partial charge in [-0.1, -0.05) is 13.3 Å². The molecule has 0 aromatic rings. The fraction of sp³-hybridized carbons (Fsp3) is 0.909.